The highest BCUT2D eigenvalue weighted by molar-refractivity contribution is 7.17. The minimum atomic E-state index is 0.612. The van der Waals surface area contributed by atoms with E-state index in [2.05, 4.69) is 42.7 Å². The Morgan fingerprint density at radius 2 is 2.12 bits per heavy atom. The monoisotopic (exact) mass is 233 g/mol. The summed E-state index contributed by atoms with van der Waals surface area (Å²) < 4.78 is 1.41. The molecule has 0 spiro atoms. The van der Waals surface area contributed by atoms with E-state index in [1.165, 1.54) is 21.2 Å². The lowest BCUT2D eigenvalue weighted by molar-refractivity contribution is 0.796. The van der Waals surface area contributed by atoms with Gasteiger partial charge in [-0.3, -0.25) is 0 Å². The molecule has 1 heterocycles. The van der Waals surface area contributed by atoms with E-state index < -0.39 is 0 Å². The average molecular weight is 233 g/mol. The lowest BCUT2D eigenvalue weighted by Gasteiger charge is -2.06. The first-order chi connectivity index (χ1) is 7.72. The summed E-state index contributed by atoms with van der Waals surface area (Å²) in [5.74, 6) is 0.612. The Kier molecular flexibility index (Phi) is 3.62. The molecule has 1 nitrogen and oxygen atoms in total. The lowest BCUT2D eigenvalue weighted by Crippen LogP contribution is -2.09. The molecule has 0 radical (unpaired) electrons. The van der Waals surface area contributed by atoms with Gasteiger partial charge in [0.1, 0.15) is 0 Å². The quantitative estimate of drug-likeness (QED) is 0.847. The summed E-state index contributed by atoms with van der Waals surface area (Å²) in [6.45, 7) is 5.55. The van der Waals surface area contributed by atoms with Crippen molar-refractivity contribution in [2.24, 2.45) is 0 Å². The van der Waals surface area contributed by atoms with E-state index in [1.54, 1.807) is 0 Å². The number of rotatable bonds is 4. The van der Waals surface area contributed by atoms with Gasteiger partial charge < -0.3 is 5.32 Å². The molecule has 2 aromatic rings. The molecule has 0 amide bonds. The minimum absolute atomic E-state index is 0.612. The largest absolute Gasteiger partial charge is 0.319 e. The summed E-state index contributed by atoms with van der Waals surface area (Å²) in [6, 6.07) is 6.88. The van der Waals surface area contributed by atoms with Crippen LogP contribution in [0.3, 0.4) is 0 Å². The maximum Gasteiger partial charge on any atom is 0.0345 e. The molecule has 1 aromatic heterocycles. The summed E-state index contributed by atoms with van der Waals surface area (Å²) in [6.07, 6.45) is 1.12. The van der Waals surface area contributed by atoms with E-state index in [-0.39, 0.29) is 0 Å². The van der Waals surface area contributed by atoms with E-state index in [0.29, 0.717) is 5.92 Å². The zero-order chi connectivity index (χ0) is 11.5. The van der Waals surface area contributed by atoms with Crippen molar-refractivity contribution in [3.63, 3.8) is 0 Å². The third-order valence-corrected chi connectivity index (χ3v) is 4.00. The van der Waals surface area contributed by atoms with Crippen molar-refractivity contribution in [1.29, 1.82) is 0 Å². The predicted octanol–water partition coefficient (Wildman–Crippen LogP) is 3.79. The molecule has 16 heavy (non-hydrogen) atoms. The summed E-state index contributed by atoms with van der Waals surface area (Å²) in [5.41, 5.74) is 2.92. The van der Waals surface area contributed by atoms with Gasteiger partial charge in [0.2, 0.25) is 0 Å². The molecule has 0 unspecified atom stereocenters. The summed E-state index contributed by atoms with van der Waals surface area (Å²) >= 11 is 1.86. The van der Waals surface area contributed by atoms with Gasteiger partial charge in [0.05, 0.1) is 0 Å². The molecule has 2 rings (SSSR count). The standard InChI is InChI=1S/C14H19NS/c1-10(2)11-4-5-14-13(8-11)12(9-16-14)6-7-15-3/h4-5,8-10,15H,6-7H2,1-3H3. The van der Waals surface area contributed by atoms with Crippen molar-refractivity contribution in [3.05, 3.63) is 34.7 Å². The van der Waals surface area contributed by atoms with Crippen LogP contribution in [0.25, 0.3) is 10.1 Å². The molecule has 86 valence electrons. The molecule has 0 saturated heterocycles. The van der Waals surface area contributed by atoms with Gasteiger partial charge in [0.25, 0.3) is 0 Å². The molecule has 0 saturated carbocycles. The zero-order valence-electron chi connectivity index (χ0n) is 10.2. The van der Waals surface area contributed by atoms with Crippen molar-refractivity contribution in [2.75, 3.05) is 13.6 Å². The van der Waals surface area contributed by atoms with E-state index in [0.717, 1.165) is 13.0 Å². The topological polar surface area (TPSA) is 12.0 Å². The Morgan fingerprint density at radius 3 is 2.81 bits per heavy atom. The normalized spacial score (nSPS) is 11.5. The van der Waals surface area contributed by atoms with Crippen LogP contribution in [0.1, 0.15) is 30.9 Å². The number of hydrogen-bond acceptors (Lipinski definition) is 2. The fourth-order valence-electron chi connectivity index (χ4n) is 1.91. The molecule has 2 heteroatoms. The number of fused-ring (bicyclic) bond motifs is 1. The highest BCUT2D eigenvalue weighted by atomic mass is 32.1. The SMILES string of the molecule is CNCCc1csc2ccc(C(C)C)cc12. The Morgan fingerprint density at radius 1 is 1.31 bits per heavy atom. The van der Waals surface area contributed by atoms with Crippen LogP contribution in [0.5, 0.6) is 0 Å². The van der Waals surface area contributed by atoms with Crippen LogP contribution < -0.4 is 5.32 Å². The third-order valence-electron chi connectivity index (χ3n) is 2.99. The molecule has 0 aliphatic rings. The predicted molar refractivity (Wildman–Crippen MR) is 73.5 cm³/mol. The second-order valence-corrected chi connectivity index (χ2v) is 5.44. The van der Waals surface area contributed by atoms with Crippen molar-refractivity contribution in [3.8, 4) is 0 Å². The molecule has 1 aromatic carbocycles. The first kappa shape index (κ1) is 11.6. The average Bonchev–Trinajstić information content (AvgIpc) is 2.68. The molecule has 1 N–H and O–H groups in total. The Hall–Kier alpha value is -0.860. The van der Waals surface area contributed by atoms with Crippen molar-refractivity contribution in [2.45, 2.75) is 26.2 Å². The fourth-order valence-corrected chi connectivity index (χ4v) is 2.89. The van der Waals surface area contributed by atoms with Crippen molar-refractivity contribution < 1.29 is 0 Å². The van der Waals surface area contributed by atoms with Gasteiger partial charge in [-0.2, -0.15) is 0 Å². The van der Waals surface area contributed by atoms with E-state index in [9.17, 15) is 0 Å². The Bertz CT molecular complexity index is 471. The molecule has 0 bridgehead atoms. The number of thiophene rings is 1. The van der Waals surface area contributed by atoms with Gasteiger partial charge >= 0.3 is 0 Å². The number of nitrogens with one attached hydrogen (secondary N) is 1. The maximum absolute atomic E-state index is 3.21. The summed E-state index contributed by atoms with van der Waals surface area (Å²) in [7, 11) is 2.01. The highest BCUT2D eigenvalue weighted by Crippen LogP contribution is 2.29. The highest BCUT2D eigenvalue weighted by Gasteiger charge is 2.06. The first-order valence-electron chi connectivity index (χ1n) is 5.87. The van der Waals surface area contributed by atoms with E-state index in [4.69, 9.17) is 0 Å². The van der Waals surface area contributed by atoms with Crippen LogP contribution in [0.15, 0.2) is 23.6 Å². The van der Waals surface area contributed by atoms with Crippen molar-refractivity contribution >= 4 is 21.4 Å². The smallest absolute Gasteiger partial charge is 0.0345 e. The van der Waals surface area contributed by atoms with Crippen LogP contribution in [0, 0.1) is 0 Å². The molecule has 0 fully saturated rings. The van der Waals surface area contributed by atoms with Crippen LogP contribution >= 0.6 is 11.3 Å². The second kappa shape index (κ2) is 4.98. The fraction of sp³-hybridized carbons (Fsp3) is 0.429. The van der Waals surface area contributed by atoms with Gasteiger partial charge in [-0.05, 0) is 60.0 Å². The number of benzene rings is 1. The first-order valence-corrected chi connectivity index (χ1v) is 6.75. The van der Waals surface area contributed by atoms with Gasteiger partial charge in [-0.1, -0.05) is 19.9 Å². The molecule has 0 aliphatic heterocycles. The zero-order valence-corrected chi connectivity index (χ0v) is 11.0. The van der Waals surface area contributed by atoms with Gasteiger partial charge in [0.15, 0.2) is 0 Å². The number of likely N-dealkylation sites (N-methyl/N-ethyl adjacent to an activating group) is 1. The third kappa shape index (κ3) is 2.28. The summed E-state index contributed by atoms with van der Waals surface area (Å²) in [4.78, 5) is 0. The number of hydrogen-bond donors (Lipinski definition) is 1. The molecular formula is C14H19NS. The van der Waals surface area contributed by atoms with Crippen LogP contribution in [-0.2, 0) is 6.42 Å². The van der Waals surface area contributed by atoms with Gasteiger partial charge in [-0.15, -0.1) is 11.3 Å². The van der Waals surface area contributed by atoms with E-state index in [1.807, 2.05) is 18.4 Å². The van der Waals surface area contributed by atoms with E-state index >= 15 is 0 Å². The minimum Gasteiger partial charge on any atom is -0.319 e. The van der Waals surface area contributed by atoms with Crippen LogP contribution in [0.4, 0.5) is 0 Å². The summed E-state index contributed by atoms with van der Waals surface area (Å²) in [5, 5.41) is 6.96. The second-order valence-electron chi connectivity index (χ2n) is 4.52. The molecule has 0 atom stereocenters. The molecule has 0 aliphatic carbocycles. The maximum atomic E-state index is 3.21. The van der Waals surface area contributed by atoms with Gasteiger partial charge in [-0.25, -0.2) is 0 Å². The van der Waals surface area contributed by atoms with Gasteiger partial charge in [0, 0.05) is 4.70 Å². The lowest BCUT2D eigenvalue weighted by atomic mass is 10.00. The van der Waals surface area contributed by atoms with Crippen molar-refractivity contribution in [1.82, 2.24) is 5.32 Å². The Balaban J connectivity index is 2.39. The molecular weight excluding hydrogens is 214 g/mol. The Labute approximate surface area is 101 Å². The van der Waals surface area contributed by atoms with Crippen LogP contribution in [-0.4, -0.2) is 13.6 Å². The van der Waals surface area contributed by atoms with Crippen LogP contribution in [0.2, 0.25) is 0 Å².